The van der Waals surface area contributed by atoms with Crippen molar-refractivity contribution >= 4 is 45.4 Å². The number of carbonyl (C=O) groups is 1. The van der Waals surface area contributed by atoms with Crippen molar-refractivity contribution in [3.8, 4) is 5.75 Å². The molecular weight excluding hydrogens is 440 g/mol. The monoisotopic (exact) mass is 472 g/mol. The van der Waals surface area contributed by atoms with E-state index in [2.05, 4.69) is 46.8 Å². The highest BCUT2D eigenvalue weighted by Crippen LogP contribution is 2.38. The van der Waals surface area contributed by atoms with E-state index in [1.165, 1.54) is 17.3 Å². The van der Waals surface area contributed by atoms with Gasteiger partial charge < -0.3 is 4.74 Å². The molecule has 5 heteroatoms. The van der Waals surface area contributed by atoms with Gasteiger partial charge in [-0.15, -0.1) is 0 Å². The Morgan fingerprint density at radius 1 is 1.00 bits per heavy atom. The highest BCUT2D eigenvalue weighted by molar-refractivity contribution is 8.18. The van der Waals surface area contributed by atoms with Crippen LogP contribution in [-0.2, 0) is 4.79 Å². The quantitative estimate of drug-likeness (QED) is 0.333. The molecule has 1 saturated heterocycles. The standard InChI is InChI=1S/C29H32N2O2S/c1-6-21(5)31-28(32)27(34-29(31)30-23-14-11-20(4)12-15-23)17-22-13-16-26(33-18-19(2)3)25-10-8-7-9-24(22)25/h7-17,19,21H,6,18H2,1-5H3/b27-17+,30-29?/t21-/m1/s1. The lowest BCUT2D eigenvalue weighted by molar-refractivity contribution is -0.123. The van der Waals surface area contributed by atoms with Crippen LogP contribution in [0.5, 0.6) is 5.75 Å². The normalized spacial score (nSPS) is 17.4. The summed E-state index contributed by atoms with van der Waals surface area (Å²) in [6.45, 7) is 11.2. The second kappa shape index (κ2) is 10.5. The Bertz CT molecular complexity index is 1240. The van der Waals surface area contributed by atoms with Crippen molar-refractivity contribution in [2.75, 3.05) is 6.61 Å². The number of ether oxygens (including phenoxy) is 1. The molecule has 4 nitrogen and oxygen atoms in total. The van der Waals surface area contributed by atoms with E-state index in [4.69, 9.17) is 9.73 Å². The Balaban J connectivity index is 1.73. The molecule has 1 aliphatic heterocycles. The van der Waals surface area contributed by atoms with Crippen LogP contribution < -0.4 is 4.74 Å². The zero-order valence-corrected chi connectivity index (χ0v) is 21.4. The molecule has 0 bridgehead atoms. The number of hydrogen-bond acceptors (Lipinski definition) is 4. The SMILES string of the molecule is CC[C@@H](C)N1C(=O)/C(=C\c2ccc(OCC(C)C)c3ccccc23)SC1=Nc1ccc(C)cc1. The van der Waals surface area contributed by atoms with Gasteiger partial charge >= 0.3 is 0 Å². The lowest BCUT2D eigenvalue weighted by Gasteiger charge is -2.22. The van der Waals surface area contributed by atoms with E-state index in [1.54, 1.807) is 0 Å². The maximum Gasteiger partial charge on any atom is 0.267 e. The van der Waals surface area contributed by atoms with E-state index >= 15 is 0 Å². The summed E-state index contributed by atoms with van der Waals surface area (Å²) in [6, 6.07) is 20.4. The molecule has 0 aromatic heterocycles. The van der Waals surface area contributed by atoms with Gasteiger partial charge in [0.15, 0.2) is 5.17 Å². The Hall–Kier alpha value is -3.05. The molecule has 4 rings (SSSR count). The molecule has 176 valence electrons. The number of aliphatic imine (C=N–C) groups is 1. The number of thioether (sulfide) groups is 1. The first kappa shape index (κ1) is 24.1. The maximum absolute atomic E-state index is 13.5. The average Bonchev–Trinajstić information content (AvgIpc) is 3.13. The topological polar surface area (TPSA) is 41.9 Å². The fraction of sp³-hybridized carbons (Fsp3) is 0.310. The van der Waals surface area contributed by atoms with Crippen LogP contribution in [0.25, 0.3) is 16.8 Å². The van der Waals surface area contributed by atoms with Gasteiger partial charge in [-0.25, -0.2) is 4.99 Å². The van der Waals surface area contributed by atoms with Crippen LogP contribution in [0.1, 0.15) is 45.2 Å². The Labute approximate surface area is 206 Å². The van der Waals surface area contributed by atoms with Gasteiger partial charge in [-0.2, -0.15) is 0 Å². The molecule has 3 aromatic rings. The Kier molecular flexibility index (Phi) is 7.42. The number of carbonyl (C=O) groups excluding carboxylic acids is 1. The molecule has 0 radical (unpaired) electrons. The van der Waals surface area contributed by atoms with Crippen molar-refractivity contribution in [1.82, 2.24) is 4.90 Å². The minimum absolute atomic E-state index is 0.00873. The van der Waals surface area contributed by atoms with Crippen molar-refractivity contribution in [3.63, 3.8) is 0 Å². The van der Waals surface area contributed by atoms with E-state index < -0.39 is 0 Å². The summed E-state index contributed by atoms with van der Waals surface area (Å²) in [4.78, 5) is 20.8. The highest BCUT2D eigenvalue weighted by atomic mass is 32.2. The summed E-state index contributed by atoms with van der Waals surface area (Å²) in [5.41, 5.74) is 3.04. The summed E-state index contributed by atoms with van der Waals surface area (Å²) in [5, 5.41) is 2.86. The van der Waals surface area contributed by atoms with Crippen LogP contribution in [0, 0.1) is 12.8 Å². The molecule has 1 heterocycles. The lowest BCUT2D eigenvalue weighted by atomic mass is 10.0. The van der Waals surface area contributed by atoms with Crippen LogP contribution in [0.3, 0.4) is 0 Å². The second-order valence-electron chi connectivity index (χ2n) is 9.18. The maximum atomic E-state index is 13.5. The van der Waals surface area contributed by atoms with Crippen molar-refractivity contribution in [3.05, 3.63) is 76.7 Å². The lowest BCUT2D eigenvalue weighted by Crippen LogP contribution is -2.36. The number of benzene rings is 3. The fourth-order valence-electron chi connectivity index (χ4n) is 3.81. The third-order valence-corrected chi connectivity index (χ3v) is 6.89. The molecule has 1 aliphatic rings. The van der Waals surface area contributed by atoms with Crippen LogP contribution in [0.15, 0.2) is 70.6 Å². The van der Waals surface area contributed by atoms with Crippen LogP contribution in [0.4, 0.5) is 5.69 Å². The van der Waals surface area contributed by atoms with Gasteiger partial charge in [0.2, 0.25) is 0 Å². The smallest absolute Gasteiger partial charge is 0.267 e. The molecule has 34 heavy (non-hydrogen) atoms. The summed E-state index contributed by atoms with van der Waals surface area (Å²) in [7, 11) is 0. The first-order valence-corrected chi connectivity index (χ1v) is 12.7. The number of fused-ring (bicyclic) bond motifs is 1. The minimum atomic E-state index is 0.00873. The van der Waals surface area contributed by atoms with E-state index in [-0.39, 0.29) is 11.9 Å². The molecule has 3 aromatic carbocycles. The van der Waals surface area contributed by atoms with Gasteiger partial charge in [0, 0.05) is 11.4 Å². The van der Waals surface area contributed by atoms with Crippen LogP contribution >= 0.6 is 11.8 Å². The molecule has 0 N–H and O–H groups in total. The second-order valence-corrected chi connectivity index (χ2v) is 10.2. The molecule has 0 spiro atoms. The largest absolute Gasteiger partial charge is 0.493 e. The van der Waals surface area contributed by atoms with Gasteiger partial charge in [0.25, 0.3) is 5.91 Å². The molecule has 1 fully saturated rings. The zero-order chi connectivity index (χ0) is 24.2. The third kappa shape index (κ3) is 5.20. The van der Waals surface area contributed by atoms with E-state index in [0.717, 1.165) is 39.4 Å². The number of aryl methyl sites for hydroxylation is 1. The molecule has 1 amide bonds. The van der Waals surface area contributed by atoms with E-state index in [9.17, 15) is 4.79 Å². The molecule has 1 atom stereocenters. The van der Waals surface area contributed by atoms with Crippen molar-refractivity contribution in [2.24, 2.45) is 10.9 Å². The Morgan fingerprint density at radius 2 is 1.71 bits per heavy atom. The number of nitrogens with zero attached hydrogens (tertiary/aromatic N) is 2. The number of hydrogen-bond donors (Lipinski definition) is 0. The van der Waals surface area contributed by atoms with Crippen LogP contribution in [-0.4, -0.2) is 28.6 Å². The van der Waals surface area contributed by atoms with Gasteiger partial charge in [0.05, 0.1) is 17.2 Å². The van der Waals surface area contributed by atoms with E-state index in [1.807, 2.05) is 59.5 Å². The van der Waals surface area contributed by atoms with Gasteiger partial charge in [0.1, 0.15) is 5.75 Å². The predicted molar refractivity (Wildman–Crippen MR) is 145 cm³/mol. The molecule has 0 saturated carbocycles. The van der Waals surface area contributed by atoms with Gasteiger partial charge in [-0.1, -0.05) is 68.8 Å². The van der Waals surface area contributed by atoms with Crippen molar-refractivity contribution in [2.45, 2.75) is 47.1 Å². The average molecular weight is 473 g/mol. The summed E-state index contributed by atoms with van der Waals surface area (Å²) in [6.07, 6.45) is 2.85. The summed E-state index contributed by atoms with van der Waals surface area (Å²) >= 11 is 1.45. The minimum Gasteiger partial charge on any atom is -0.493 e. The highest BCUT2D eigenvalue weighted by Gasteiger charge is 2.36. The van der Waals surface area contributed by atoms with Gasteiger partial charge in [-0.3, -0.25) is 9.69 Å². The Morgan fingerprint density at radius 3 is 2.38 bits per heavy atom. The zero-order valence-electron chi connectivity index (χ0n) is 20.5. The third-order valence-electron chi connectivity index (χ3n) is 5.90. The van der Waals surface area contributed by atoms with Crippen LogP contribution in [0.2, 0.25) is 0 Å². The molecule has 0 unspecified atom stereocenters. The molecular formula is C29H32N2O2S. The number of rotatable bonds is 7. The fourth-order valence-corrected chi connectivity index (χ4v) is 4.89. The summed E-state index contributed by atoms with van der Waals surface area (Å²) in [5.74, 6) is 1.33. The van der Waals surface area contributed by atoms with E-state index in [0.29, 0.717) is 17.4 Å². The first-order valence-electron chi connectivity index (χ1n) is 11.9. The van der Waals surface area contributed by atoms with Crippen molar-refractivity contribution < 1.29 is 9.53 Å². The first-order chi connectivity index (χ1) is 16.4. The number of amidine groups is 1. The summed E-state index contributed by atoms with van der Waals surface area (Å²) < 4.78 is 6.06. The van der Waals surface area contributed by atoms with Gasteiger partial charge in [-0.05, 0) is 73.2 Å². The number of amides is 1. The molecule has 0 aliphatic carbocycles. The predicted octanol–water partition coefficient (Wildman–Crippen LogP) is 7.59. The van der Waals surface area contributed by atoms with Crippen molar-refractivity contribution in [1.29, 1.82) is 0 Å².